The number of nitrogens with zero attached hydrogens (tertiary/aromatic N) is 3. The molecule has 0 aliphatic carbocycles. The minimum absolute atomic E-state index is 0.108. The van der Waals surface area contributed by atoms with Crippen LogP contribution in [0.1, 0.15) is 24.2 Å². The second kappa shape index (κ2) is 10.5. The van der Waals surface area contributed by atoms with Crippen LogP contribution in [0.3, 0.4) is 0 Å². The molecule has 0 bridgehead atoms. The number of carbonyl (C=O) groups is 2. The summed E-state index contributed by atoms with van der Waals surface area (Å²) in [5.74, 6) is 0.301. The summed E-state index contributed by atoms with van der Waals surface area (Å²) in [6.45, 7) is 3.41. The van der Waals surface area contributed by atoms with E-state index >= 15 is 0 Å². The van der Waals surface area contributed by atoms with E-state index in [2.05, 4.69) is 15.3 Å². The highest BCUT2D eigenvalue weighted by atomic mass is 35.5. The molecule has 0 aliphatic heterocycles. The van der Waals surface area contributed by atoms with Crippen molar-refractivity contribution >= 4 is 46.4 Å². The molecule has 0 fully saturated rings. The lowest BCUT2D eigenvalue weighted by atomic mass is 10.0. The number of hydrogen-bond acceptors (Lipinski definition) is 6. The van der Waals surface area contributed by atoms with Gasteiger partial charge in [-0.2, -0.15) is 0 Å². The Hall–Kier alpha value is -3.75. The van der Waals surface area contributed by atoms with Crippen molar-refractivity contribution in [3.05, 3.63) is 74.6 Å². The van der Waals surface area contributed by atoms with Crippen molar-refractivity contribution in [3.63, 3.8) is 0 Å². The molecule has 8 nitrogen and oxygen atoms in total. The first-order chi connectivity index (χ1) is 17.2. The fourth-order valence-corrected chi connectivity index (χ4v) is 4.23. The monoisotopic (exact) mass is 524 g/mol. The summed E-state index contributed by atoms with van der Waals surface area (Å²) in [6.07, 6.45) is 2.25. The Balaban J connectivity index is 1.94. The Labute approximate surface area is 216 Å². The van der Waals surface area contributed by atoms with Gasteiger partial charge in [0.05, 0.1) is 17.5 Å². The van der Waals surface area contributed by atoms with Gasteiger partial charge in [-0.05, 0) is 61.9 Å². The summed E-state index contributed by atoms with van der Waals surface area (Å²) in [7, 11) is 1.48. The van der Waals surface area contributed by atoms with Crippen molar-refractivity contribution in [1.82, 2.24) is 19.9 Å². The third-order valence-corrected chi connectivity index (χ3v) is 5.89. The highest BCUT2D eigenvalue weighted by molar-refractivity contribution is 6.32. The molecular formula is C26H22Cl2N4O4. The fourth-order valence-electron chi connectivity index (χ4n) is 3.79. The van der Waals surface area contributed by atoms with E-state index in [1.54, 1.807) is 48.7 Å². The standard InChI is InChI=1S/C26H22Cl2N4O4/c1-14(2)30-23(34)12-32-25(16-4-5-21(28)22(10-16)36-3)31-24-20(26(32)35)9-18(11-29-24)17-6-15(13-33)7-19(27)8-17/h4-11,13-14H,12H2,1-3H3,(H,30,34). The Morgan fingerprint density at radius 3 is 2.58 bits per heavy atom. The molecular weight excluding hydrogens is 503 g/mol. The summed E-state index contributed by atoms with van der Waals surface area (Å²) >= 11 is 12.3. The number of fused-ring (bicyclic) bond motifs is 1. The third kappa shape index (κ3) is 5.24. The molecule has 184 valence electrons. The quantitative estimate of drug-likeness (QED) is 0.349. The van der Waals surface area contributed by atoms with Crippen molar-refractivity contribution in [2.45, 2.75) is 26.4 Å². The summed E-state index contributed by atoms with van der Waals surface area (Å²) in [5.41, 5.74) is 1.87. The van der Waals surface area contributed by atoms with Crippen LogP contribution in [0.5, 0.6) is 5.75 Å². The lowest BCUT2D eigenvalue weighted by Gasteiger charge is -2.16. The second-order valence-corrected chi connectivity index (χ2v) is 9.23. The van der Waals surface area contributed by atoms with Gasteiger partial charge in [-0.25, -0.2) is 9.97 Å². The molecule has 0 atom stereocenters. The average molecular weight is 525 g/mol. The van der Waals surface area contributed by atoms with Crippen LogP contribution >= 0.6 is 23.2 Å². The smallest absolute Gasteiger partial charge is 0.263 e. The van der Waals surface area contributed by atoms with E-state index in [0.29, 0.717) is 44.3 Å². The summed E-state index contributed by atoms with van der Waals surface area (Å²) in [5, 5.41) is 3.78. The van der Waals surface area contributed by atoms with E-state index in [1.165, 1.54) is 11.7 Å². The van der Waals surface area contributed by atoms with Gasteiger partial charge < -0.3 is 10.1 Å². The zero-order chi connectivity index (χ0) is 26.0. The van der Waals surface area contributed by atoms with E-state index in [4.69, 9.17) is 27.9 Å². The number of nitrogens with one attached hydrogen (secondary N) is 1. The number of pyridine rings is 1. The topological polar surface area (TPSA) is 103 Å². The second-order valence-electron chi connectivity index (χ2n) is 8.38. The minimum atomic E-state index is -0.449. The van der Waals surface area contributed by atoms with Crippen LogP contribution in [0.15, 0.2) is 53.5 Å². The van der Waals surface area contributed by atoms with E-state index < -0.39 is 5.56 Å². The molecule has 0 aliphatic rings. The van der Waals surface area contributed by atoms with Gasteiger partial charge in [-0.3, -0.25) is 19.0 Å². The number of aromatic nitrogens is 3. The Kier molecular flexibility index (Phi) is 7.37. The molecule has 0 unspecified atom stereocenters. The average Bonchev–Trinajstić information content (AvgIpc) is 2.85. The number of rotatable bonds is 7. The molecule has 4 aromatic rings. The number of aldehydes is 1. The number of halogens is 2. The van der Waals surface area contributed by atoms with Gasteiger partial charge in [-0.15, -0.1) is 0 Å². The molecule has 4 rings (SSSR count). The number of hydrogen-bond donors (Lipinski definition) is 1. The largest absolute Gasteiger partial charge is 0.495 e. The van der Waals surface area contributed by atoms with Crippen LogP contribution in [0.25, 0.3) is 33.5 Å². The van der Waals surface area contributed by atoms with Crippen LogP contribution in [-0.4, -0.2) is 39.9 Å². The Morgan fingerprint density at radius 2 is 1.89 bits per heavy atom. The summed E-state index contributed by atoms with van der Waals surface area (Å²) in [6, 6.07) is 11.4. The lowest BCUT2D eigenvalue weighted by molar-refractivity contribution is -0.122. The Morgan fingerprint density at radius 1 is 1.11 bits per heavy atom. The zero-order valence-corrected chi connectivity index (χ0v) is 21.2. The SMILES string of the molecule is COc1cc(-c2nc3ncc(-c4cc(Cl)cc(C=O)c4)cc3c(=O)n2CC(=O)NC(C)C)ccc1Cl. The van der Waals surface area contributed by atoms with Crippen LogP contribution in [0.2, 0.25) is 10.0 Å². The minimum Gasteiger partial charge on any atom is -0.495 e. The van der Waals surface area contributed by atoms with Gasteiger partial charge in [-0.1, -0.05) is 23.2 Å². The number of amides is 1. The highest BCUT2D eigenvalue weighted by Gasteiger charge is 2.19. The molecule has 0 saturated carbocycles. The van der Waals surface area contributed by atoms with Crippen LogP contribution in [-0.2, 0) is 11.3 Å². The predicted molar refractivity (Wildman–Crippen MR) is 140 cm³/mol. The Bertz CT molecular complexity index is 1550. The number of methoxy groups -OCH3 is 1. The van der Waals surface area contributed by atoms with Gasteiger partial charge in [0, 0.05) is 34.0 Å². The van der Waals surface area contributed by atoms with E-state index in [1.807, 2.05) is 13.8 Å². The first kappa shape index (κ1) is 25.3. The van der Waals surface area contributed by atoms with Crippen LogP contribution in [0.4, 0.5) is 0 Å². The van der Waals surface area contributed by atoms with Crippen molar-refractivity contribution in [3.8, 4) is 28.3 Å². The molecule has 1 N–H and O–H groups in total. The molecule has 1 amide bonds. The van der Waals surface area contributed by atoms with E-state index in [0.717, 1.165) is 0 Å². The van der Waals surface area contributed by atoms with Crippen LogP contribution in [0, 0.1) is 0 Å². The van der Waals surface area contributed by atoms with Crippen molar-refractivity contribution < 1.29 is 14.3 Å². The van der Waals surface area contributed by atoms with Gasteiger partial charge >= 0.3 is 0 Å². The first-order valence-electron chi connectivity index (χ1n) is 11.0. The molecule has 0 spiro atoms. The lowest BCUT2D eigenvalue weighted by Crippen LogP contribution is -2.37. The molecule has 2 aromatic heterocycles. The van der Waals surface area contributed by atoms with Gasteiger partial charge in [0.15, 0.2) is 5.65 Å². The van der Waals surface area contributed by atoms with Crippen molar-refractivity contribution in [2.75, 3.05) is 7.11 Å². The number of ether oxygens (including phenoxy) is 1. The van der Waals surface area contributed by atoms with E-state index in [9.17, 15) is 14.4 Å². The van der Waals surface area contributed by atoms with Gasteiger partial charge in [0.1, 0.15) is 24.4 Å². The summed E-state index contributed by atoms with van der Waals surface area (Å²) < 4.78 is 6.61. The molecule has 2 aromatic carbocycles. The molecule has 0 saturated heterocycles. The maximum absolute atomic E-state index is 13.7. The third-order valence-electron chi connectivity index (χ3n) is 5.36. The van der Waals surface area contributed by atoms with Crippen molar-refractivity contribution in [2.24, 2.45) is 0 Å². The molecule has 10 heteroatoms. The van der Waals surface area contributed by atoms with Crippen LogP contribution < -0.4 is 15.6 Å². The maximum Gasteiger partial charge on any atom is 0.263 e. The number of benzene rings is 2. The normalized spacial score (nSPS) is 11.1. The fraction of sp³-hybridized carbons (Fsp3) is 0.192. The van der Waals surface area contributed by atoms with Crippen molar-refractivity contribution in [1.29, 1.82) is 0 Å². The van der Waals surface area contributed by atoms with E-state index in [-0.39, 0.29) is 35.4 Å². The first-order valence-corrected chi connectivity index (χ1v) is 11.8. The van der Waals surface area contributed by atoms with Gasteiger partial charge in [0.2, 0.25) is 5.91 Å². The molecule has 0 radical (unpaired) electrons. The maximum atomic E-state index is 13.7. The summed E-state index contributed by atoms with van der Waals surface area (Å²) in [4.78, 5) is 46.7. The van der Waals surface area contributed by atoms with Gasteiger partial charge in [0.25, 0.3) is 5.56 Å². The molecule has 2 heterocycles. The predicted octanol–water partition coefficient (Wildman–Crippen LogP) is 4.78. The highest BCUT2D eigenvalue weighted by Crippen LogP contribution is 2.30. The molecule has 36 heavy (non-hydrogen) atoms. The zero-order valence-electron chi connectivity index (χ0n) is 19.7. The number of carbonyl (C=O) groups excluding carboxylic acids is 2.